The second kappa shape index (κ2) is 9.13. The molecule has 0 aliphatic carbocycles. The lowest BCUT2D eigenvalue weighted by Crippen LogP contribution is -2.11. The highest BCUT2D eigenvalue weighted by molar-refractivity contribution is 5.91. The summed E-state index contributed by atoms with van der Waals surface area (Å²) in [6.45, 7) is 1.99. The molecule has 5 heteroatoms. The molecule has 0 unspecified atom stereocenters. The third-order valence-electron chi connectivity index (χ3n) is 3.82. The molecule has 5 nitrogen and oxygen atoms in total. The van der Waals surface area contributed by atoms with Gasteiger partial charge in [-0.2, -0.15) is 0 Å². The number of aliphatic hydroxyl groups excluding tert-OH is 1. The summed E-state index contributed by atoms with van der Waals surface area (Å²) in [7, 11) is 1.58. The lowest BCUT2D eigenvalue weighted by molar-refractivity contribution is -0.116. The second-order valence-corrected chi connectivity index (χ2v) is 5.70. The number of carbonyl (C=O) groups is 1. The number of ether oxygens (including phenoxy) is 1. The van der Waals surface area contributed by atoms with Gasteiger partial charge in [-0.05, 0) is 36.8 Å². The molecule has 1 amide bonds. The normalized spacial score (nSPS) is 10.6. The van der Waals surface area contributed by atoms with Gasteiger partial charge in [0.25, 0.3) is 0 Å². The Morgan fingerprint density at radius 1 is 1.21 bits per heavy atom. The Balaban J connectivity index is 2.09. The van der Waals surface area contributed by atoms with E-state index in [0.717, 1.165) is 31.2 Å². The van der Waals surface area contributed by atoms with Crippen LogP contribution < -0.4 is 10.1 Å². The van der Waals surface area contributed by atoms with Crippen LogP contribution in [0.2, 0.25) is 0 Å². The Morgan fingerprint density at radius 3 is 2.71 bits per heavy atom. The van der Waals surface area contributed by atoms with Crippen LogP contribution >= 0.6 is 0 Å². The first-order chi connectivity index (χ1) is 11.7. The first-order valence-corrected chi connectivity index (χ1v) is 8.35. The number of amides is 1. The van der Waals surface area contributed by atoms with Crippen molar-refractivity contribution in [2.45, 2.75) is 45.6 Å². The van der Waals surface area contributed by atoms with Gasteiger partial charge < -0.3 is 19.6 Å². The number of furan rings is 1. The summed E-state index contributed by atoms with van der Waals surface area (Å²) in [4.78, 5) is 12.0. The smallest absolute Gasteiger partial charge is 0.224 e. The lowest BCUT2D eigenvalue weighted by Gasteiger charge is -2.10. The summed E-state index contributed by atoms with van der Waals surface area (Å²) in [5, 5.41) is 12.1. The van der Waals surface area contributed by atoms with Crippen molar-refractivity contribution in [1.29, 1.82) is 0 Å². The molecule has 2 rings (SSSR count). The molecular weight excluding hydrogens is 306 g/mol. The van der Waals surface area contributed by atoms with Gasteiger partial charge in [-0.15, -0.1) is 0 Å². The van der Waals surface area contributed by atoms with Crippen molar-refractivity contribution in [3.8, 4) is 17.1 Å². The molecule has 0 spiro atoms. The summed E-state index contributed by atoms with van der Waals surface area (Å²) in [6.07, 6.45) is 4.82. The van der Waals surface area contributed by atoms with Crippen LogP contribution in [0.25, 0.3) is 11.3 Å². The first kappa shape index (κ1) is 18.1. The zero-order chi connectivity index (χ0) is 17.4. The summed E-state index contributed by atoms with van der Waals surface area (Å²) in [5.74, 6) is 1.74. The topological polar surface area (TPSA) is 71.7 Å². The van der Waals surface area contributed by atoms with Crippen LogP contribution in [0.1, 0.15) is 44.8 Å². The number of methoxy groups -OCH3 is 1. The van der Waals surface area contributed by atoms with E-state index < -0.39 is 0 Å². The summed E-state index contributed by atoms with van der Waals surface area (Å²) < 4.78 is 10.9. The first-order valence-electron chi connectivity index (χ1n) is 8.35. The van der Waals surface area contributed by atoms with Crippen LogP contribution in [0.15, 0.2) is 34.7 Å². The van der Waals surface area contributed by atoms with Crippen molar-refractivity contribution >= 4 is 11.6 Å². The molecule has 2 N–H and O–H groups in total. The van der Waals surface area contributed by atoms with Crippen molar-refractivity contribution in [2.75, 3.05) is 12.4 Å². The molecule has 0 atom stereocenters. The van der Waals surface area contributed by atoms with Gasteiger partial charge in [0.2, 0.25) is 5.91 Å². The van der Waals surface area contributed by atoms with Crippen LogP contribution in [0, 0.1) is 0 Å². The number of nitrogens with one attached hydrogen (secondary N) is 1. The molecule has 24 heavy (non-hydrogen) atoms. The number of anilines is 1. The molecule has 0 radical (unpaired) electrons. The molecule has 2 aromatic rings. The number of rotatable bonds is 9. The summed E-state index contributed by atoms with van der Waals surface area (Å²) >= 11 is 0. The maximum Gasteiger partial charge on any atom is 0.224 e. The molecule has 1 aromatic heterocycles. The molecule has 130 valence electrons. The summed E-state index contributed by atoms with van der Waals surface area (Å²) in [5.41, 5.74) is 1.44. The number of carbonyl (C=O) groups excluding carboxylic acids is 1. The monoisotopic (exact) mass is 331 g/mol. The van der Waals surface area contributed by atoms with E-state index in [1.54, 1.807) is 25.3 Å². The van der Waals surface area contributed by atoms with Gasteiger partial charge >= 0.3 is 0 Å². The standard InChI is InChI=1S/C19H25NO4/c1-3-4-5-6-7-19(22)20-14-8-10-17(23-2)16(12-14)18-11-9-15(13-21)24-18/h8-12,21H,3-7,13H2,1-2H3,(H,20,22). The van der Waals surface area contributed by atoms with Crippen LogP contribution in [0.5, 0.6) is 5.75 Å². The van der Waals surface area contributed by atoms with Gasteiger partial charge in [-0.3, -0.25) is 4.79 Å². The molecule has 0 aliphatic heterocycles. The van der Waals surface area contributed by atoms with E-state index in [9.17, 15) is 4.79 Å². The average molecular weight is 331 g/mol. The predicted molar refractivity (Wildman–Crippen MR) is 94.0 cm³/mol. The molecule has 0 saturated heterocycles. The van der Waals surface area contributed by atoms with Gasteiger partial charge in [0.05, 0.1) is 12.7 Å². The van der Waals surface area contributed by atoms with Gasteiger partial charge in [0.15, 0.2) is 0 Å². The molecule has 0 fully saturated rings. The maximum atomic E-state index is 12.0. The molecule has 1 aromatic carbocycles. The van der Waals surface area contributed by atoms with Gasteiger partial charge in [0.1, 0.15) is 23.9 Å². The predicted octanol–water partition coefficient (Wildman–Crippen LogP) is 4.36. The van der Waals surface area contributed by atoms with E-state index in [2.05, 4.69) is 12.2 Å². The van der Waals surface area contributed by atoms with Gasteiger partial charge in [-0.25, -0.2) is 0 Å². The average Bonchev–Trinajstić information content (AvgIpc) is 3.08. The number of hydrogen-bond donors (Lipinski definition) is 2. The fourth-order valence-electron chi connectivity index (χ4n) is 2.52. The number of aliphatic hydroxyl groups is 1. The molecule has 0 saturated carbocycles. The fourth-order valence-corrected chi connectivity index (χ4v) is 2.52. The lowest BCUT2D eigenvalue weighted by atomic mass is 10.1. The molecule has 0 aliphatic rings. The maximum absolute atomic E-state index is 12.0. The van der Waals surface area contributed by atoms with E-state index >= 15 is 0 Å². The Hall–Kier alpha value is -2.27. The van der Waals surface area contributed by atoms with Crippen LogP contribution in [-0.4, -0.2) is 18.1 Å². The summed E-state index contributed by atoms with van der Waals surface area (Å²) in [6, 6.07) is 8.92. The molecule has 1 heterocycles. The Morgan fingerprint density at radius 2 is 2.04 bits per heavy atom. The highest BCUT2D eigenvalue weighted by Gasteiger charge is 2.12. The highest BCUT2D eigenvalue weighted by atomic mass is 16.5. The second-order valence-electron chi connectivity index (χ2n) is 5.70. The van der Waals surface area contributed by atoms with Crippen LogP contribution in [0.4, 0.5) is 5.69 Å². The van der Waals surface area contributed by atoms with Gasteiger partial charge in [-0.1, -0.05) is 26.2 Å². The van der Waals surface area contributed by atoms with E-state index in [0.29, 0.717) is 29.4 Å². The van der Waals surface area contributed by atoms with Gasteiger partial charge in [0, 0.05) is 12.1 Å². The van der Waals surface area contributed by atoms with Crippen molar-refractivity contribution in [3.05, 3.63) is 36.1 Å². The quantitative estimate of drug-likeness (QED) is 0.670. The van der Waals surface area contributed by atoms with E-state index in [1.165, 1.54) is 0 Å². The Labute approximate surface area is 142 Å². The number of benzene rings is 1. The van der Waals surface area contributed by atoms with Crippen LogP contribution in [-0.2, 0) is 11.4 Å². The van der Waals surface area contributed by atoms with Crippen LogP contribution in [0.3, 0.4) is 0 Å². The van der Waals surface area contributed by atoms with E-state index in [4.69, 9.17) is 14.3 Å². The highest BCUT2D eigenvalue weighted by Crippen LogP contribution is 2.33. The number of unbranched alkanes of at least 4 members (excludes halogenated alkanes) is 3. The van der Waals surface area contributed by atoms with Crippen molar-refractivity contribution in [1.82, 2.24) is 0 Å². The van der Waals surface area contributed by atoms with Crippen molar-refractivity contribution < 1.29 is 19.1 Å². The number of hydrogen-bond acceptors (Lipinski definition) is 4. The molecular formula is C19H25NO4. The third-order valence-corrected chi connectivity index (χ3v) is 3.82. The minimum absolute atomic E-state index is 0.0118. The van der Waals surface area contributed by atoms with E-state index in [-0.39, 0.29) is 12.5 Å². The minimum Gasteiger partial charge on any atom is -0.496 e. The van der Waals surface area contributed by atoms with E-state index in [1.807, 2.05) is 12.1 Å². The largest absolute Gasteiger partial charge is 0.496 e. The Bertz CT molecular complexity index is 663. The zero-order valence-corrected chi connectivity index (χ0v) is 14.3. The van der Waals surface area contributed by atoms with Crippen molar-refractivity contribution in [3.63, 3.8) is 0 Å². The zero-order valence-electron chi connectivity index (χ0n) is 14.3. The van der Waals surface area contributed by atoms with Crippen molar-refractivity contribution in [2.24, 2.45) is 0 Å². The minimum atomic E-state index is -0.156. The third kappa shape index (κ3) is 4.86. The SMILES string of the molecule is CCCCCCC(=O)Nc1ccc(OC)c(-c2ccc(CO)o2)c1. The molecule has 0 bridgehead atoms. The Kier molecular flexibility index (Phi) is 6.88. The fraction of sp³-hybridized carbons (Fsp3) is 0.421.